The molecule has 5 heteroatoms. The third kappa shape index (κ3) is 3.63. The Morgan fingerprint density at radius 2 is 1.59 bits per heavy atom. The summed E-state index contributed by atoms with van der Waals surface area (Å²) in [4.78, 5) is 4.84. The lowest BCUT2D eigenvalue weighted by atomic mass is 10.0. The van der Waals surface area contributed by atoms with Crippen LogP contribution < -0.4 is 14.8 Å². The Morgan fingerprint density at radius 1 is 0.897 bits per heavy atom. The fourth-order valence-electron chi connectivity index (χ4n) is 3.70. The van der Waals surface area contributed by atoms with E-state index in [-0.39, 0.29) is 6.04 Å². The van der Waals surface area contributed by atoms with Crippen LogP contribution >= 0.6 is 0 Å². The number of benzene rings is 2. The molecule has 0 radical (unpaired) electrons. The Labute approximate surface area is 170 Å². The molecule has 0 aliphatic carbocycles. The molecule has 2 aromatic heterocycles. The van der Waals surface area contributed by atoms with Crippen molar-refractivity contribution >= 4 is 11.3 Å². The van der Waals surface area contributed by atoms with Gasteiger partial charge in [-0.15, -0.1) is 0 Å². The number of ether oxygens (including phenoxy) is 2. The maximum absolute atomic E-state index is 5.45. The maximum Gasteiger partial charge on any atom is 0.140 e. The lowest BCUT2D eigenvalue weighted by Gasteiger charge is -2.22. The Morgan fingerprint density at radius 3 is 2.24 bits per heavy atom. The Hall–Kier alpha value is -3.47. The Balaban J connectivity index is 1.87. The predicted molar refractivity (Wildman–Crippen MR) is 116 cm³/mol. The summed E-state index contributed by atoms with van der Waals surface area (Å²) in [5.74, 6) is 1.48. The molecule has 1 atom stereocenters. The van der Waals surface area contributed by atoms with Crippen LogP contribution in [0.25, 0.3) is 5.65 Å². The second kappa shape index (κ2) is 7.87. The van der Waals surface area contributed by atoms with Crippen molar-refractivity contribution in [1.29, 1.82) is 0 Å². The Bertz CT molecular complexity index is 1110. The van der Waals surface area contributed by atoms with Crippen LogP contribution in [0.2, 0.25) is 0 Å². The summed E-state index contributed by atoms with van der Waals surface area (Å²) < 4.78 is 13.1. The van der Waals surface area contributed by atoms with Crippen molar-refractivity contribution in [2.45, 2.75) is 19.9 Å². The van der Waals surface area contributed by atoms with E-state index in [0.29, 0.717) is 0 Å². The summed E-state index contributed by atoms with van der Waals surface area (Å²) in [7, 11) is 3.31. The third-order valence-electron chi connectivity index (χ3n) is 5.13. The van der Waals surface area contributed by atoms with Crippen LogP contribution in [0.3, 0.4) is 0 Å². The van der Waals surface area contributed by atoms with E-state index in [4.69, 9.17) is 14.5 Å². The number of nitrogens with zero attached hydrogens (tertiary/aromatic N) is 2. The molecule has 0 fully saturated rings. The first kappa shape index (κ1) is 18.9. The van der Waals surface area contributed by atoms with Gasteiger partial charge in [0.1, 0.15) is 17.1 Å². The fraction of sp³-hybridized carbons (Fsp3) is 0.208. The fourth-order valence-corrected chi connectivity index (χ4v) is 3.70. The molecular formula is C24H25N3O2. The van der Waals surface area contributed by atoms with Crippen molar-refractivity contribution in [2.75, 3.05) is 19.5 Å². The number of methoxy groups -OCH3 is 2. The van der Waals surface area contributed by atoms with Crippen LogP contribution in [0.4, 0.5) is 5.69 Å². The lowest BCUT2D eigenvalue weighted by molar-refractivity contribution is 0.394. The Kier molecular flexibility index (Phi) is 5.12. The second-order valence-electron chi connectivity index (χ2n) is 7.06. The lowest BCUT2D eigenvalue weighted by Crippen LogP contribution is -2.16. The zero-order valence-electron chi connectivity index (χ0n) is 17.1. The van der Waals surface area contributed by atoms with Gasteiger partial charge in [-0.05, 0) is 31.0 Å². The molecule has 4 aromatic rings. The number of nitrogens with one attached hydrogen (secondary N) is 1. The SMILES string of the molecule is COc1cc(NC(c2ccccc2)c2c(C)nc3c(C)cccn23)cc(OC)c1. The summed E-state index contributed by atoms with van der Waals surface area (Å²) in [5, 5.41) is 3.68. The van der Waals surface area contributed by atoms with Crippen LogP contribution in [0.1, 0.15) is 28.6 Å². The first-order valence-electron chi connectivity index (χ1n) is 9.59. The number of hydrogen-bond donors (Lipinski definition) is 1. The van der Waals surface area contributed by atoms with Gasteiger partial charge in [0.25, 0.3) is 0 Å². The van der Waals surface area contributed by atoms with Gasteiger partial charge in [-0.1, -0.05) is 36.4 Å². The van der Waals surface area contributed by atoms with Gasteiger partial charge in [0.2, 0.25) is 0 Å². The third-order valence-corrected chi connectivity index (χ3v) is 5.13. The summed E-state index contributed by atoms with van der Waals surface area (Å²) in [5.41, 5.74) is 6.30. The van der Waals surface area contributed by atoms with Gasteiger partial charge in [-0.3, -0.25) is 0 Å². The minimum Gasteiger partial charge on any atom is -0.497 e. The number of aryl methyl sites for hydroxylation is 2. The van der Waals surface area contributed by atoms with Gasteiger partial charge in [0.05, 0.1) is 31.6 Å². The van der Waals surface area contributed by atoms with Crippen LogP contribution in [0.5, 0.6) is 11.5 Å². The number of rotatable bonds is 6. The highest BCUT2D eigenvalue weighted by Gasteiger charge is 2.22. The van der Waals surface area contributed by atoms with Crippen molar-refractivity contribution in [2.24, 2.45) is 0 Å². The van der Waals surface area contributed by atoms with Crippen molar-refractivity contribution in [3.8, 4) is 11.5 Å². The van der Waals surface area contributed by atoms with Crippen LogP contribution in [-0.2, 0) is 0 Å². The number of hydrogen-bond acceptors (Lipinski definition) is 4. The van der Waals surface area contributed by atoms with Crippen molar-refractivity contribution in [3.05, 3.63) is 89.4 Å². The van der Waals surface area contributed by atoms with Crippen molar-refractivity contribution in [3.63, 3.8) is 0 Å². The van der Waals surface area contributed by atoms with E-state index in [2.05, 4.69) is 66.2 Å². The number of imidazole rings is 1. The highest BCUT2D eigenvalue weighted by atomic mass is 16.5. The monoisotopic (exact) mass is 387 g/mol. The normalized spacial score (nSPS) is 12.0. The van der Waals surface area contributed by atoms with Gasteiger partial charge < -0.3 is 19.2 Å². The van der Waals surface area contributed by atoms with E-state index in [0.717, 1.165) is 45.3 Å². The molecule has 5 nitrogen and oxygen atoms in total. The molecule has 1 N–H and O–H groups in total. The van der Waals surface area contributed by atoms with Gasteiger partial charge in [-0.25, -0.2) is 4.98 Å². The average Bonchev–Trinajstić information content (AvgIpc) is 3.09. The standard InChI is InChI=1S/C24H25N3O2/c1-16-9-8-12-27-23(17(2)25-24(16)27)22(18-10-6-5-7-11-18)26-19-13-20(28-3)15-21(14-19)29-4/h5-15,22,26H,1-4H3. The van der Waals surface area contributed by atoms with Gasteiger partial charge >= 0.3 is 0 Å². The van der Waals surface area contributed by atoms with Gasteiger partial charge in [-0.2, -0.15) is 0 Å². The van der Waals surface area contributed by atoms with Gasteiger partial charge in [0.15, 0.2) is 0 Å². The predicted octanol–water partition coefficient (Wildman–Crippen LogP) is 5.17. The van der Waals surface area contributed by atoms with E-state index < -0.39 is 0 Å². The molecule has 148 valence electrons. The molecule has 0 aliphatic rings. The molecular weight excluding hydrogens is 362 g/mol. The minimum atomic E-state index is -0.0928. The number of pyridine rings is 1. The van der Waals surface area contributed by atoms with Crippen molar-refractivity contribution < 1.29 is 9.47 Å². The number of anilines is 1. The smallest absolute Gasteiger partial charge is 0.140 e. The summed E-state index contributed by atoms with van der Waals surface area (Å²) in [6.07, 6.45) is 2.07. The number of fused-ring (bicyclic) bond motifs is 1. The molecule has 2 heterocycles. The zero-order valence-corrected chi connectivity index (χ0v) is 17.1. The van der Waals surface area contributed by atoms with E-state index in [1.54, 1.807) is 14.2 Å². The summed E-state index contributed by atoms with van der Waals surface area (Å²) in [6, 6.07) is 20.3. The molecule has 0 amide bonds. The first-order valence-corrected chi connectivity index (χ1v) is 9.59. The maximum atomic E-state index is 5.45. The molecule has 2 aromatic carbocycles. The first-order chi connectivity index (χ1) is 14.1. The average molecular weight is 387 g/mol. The quantitative estimate of drug-likeness (QED) is 0.496. The van der Waals surface area contributed by atoms with E-state index in [1.165, 1.54) is 0 Å². The largest absolute Gasteiger partial charge is 0.497 e. The van der Waals surface area contributed by atoms with Gasteiger partial charge in [0, 0.05) is 30.1 Å². The molecule has 0 aliphatic heterocycles. The molecule has 1 unspecified atom stereocenters. The highest BCUT2D eigenvalue weighted by molar-refractivity contribution is 5.58. The highest BCUT2D eigenvalue weighted by Crippen LogP contribution is 2.33. The molecule has 0 saturated carbocycles. The molecule has 29 heavy (non-hydrogen) atoms. The molecule has 0 bridgehead atoms. The second-order valence-corrected chi connectivity index (χ2v) is 7.06. The van der Waals surface area contributed by atoms with E-state index in [1.807, 2.05) is 24.3 Å². The van der Waals surface area contributed by atoms with E-state index >= 15 is 0 Å². The van der Waals surface area contributed by atoms with Crippen LogP contribution in [0.15, 0.2) is 66.9 Å². The van der Waals surface area contributed by atoms with Crippen molar-refractivity contribution in [1.82, 2.24) is 9.38 Å². The molecule has 0 saturated heterocycles. The molecule has 0 spiro atoms. The topological polar surface area (TPSA) is 47.8 Å². The van der Waals surface area contributed by atoms with Crippen LogP contribution in [-0.4, -0.2) is 23.6 Å². The summed E-state index contributed by atoms with van der Waals surface area (Å²) in [6.45, 7) is 4.15. The number of aromatic nitrogens is 2. The molecule has 4 rings (SSSR count). The van der Waals surface area contributed by atoms with E-state index in [9.17, 15) is 0 Å². The minimum absolute atomic E-state index is 0.0928. The summed E-state index contributed by atoms with van der Waals surface area (Å²) >= 11 is 0. The van der Waals surface area contributed by atoms with Crippen LogP contribution in [0, 0.1) is 13.8 Å². The zero-order chi connectivity index (χ0) is 20.4.